The van der Waals surface area contributed by atoms with Gasteiger partial charge in [0.2, 0.25) is 0 Å². The summed E-state index contributed by atoms with van der Waals surface area (Å²) in [4.78, 5) is 10.3. The molecule has 1 rings (SSSR count). The second-order valence-electron chi connectivity index (χ2n) is 3.12. The largest absolute Gasteiger partial charge is 0.478 e. The average molecular weight is 194 g/mol. The molecule has 0 aliphatic rings. The number of aryl methyl sites for hydroxylation is 2. The maximum atomic E-state index is 12.9. The van der Waals surface area contributed by atoms with Crippen molar-refractivity contribution < 1.29 is 14.3 Å². The molecule has 0 aliphatic heterocycles. The molecule has 0 saturated carbocycles. The van der Waals surface area contributed by atoms with Crippen LogP contribution in [0.3, 0.4) is 0 Å². The van der Waals surface area contributed by atoms with Crippen LogP contribution in [-0.4, -0.2) is 11.1 Å². The van der Waals surface area contributed by atoms with E-state index in [1.54, 1.807) is 13.8 Å². The molecule has 0 heterocycles. The van der Waals surface area contributed by atoms with Gasteiger partial charge in [0, 0.05) is 6.08 Å². The minimum absolute atomic E-state index is 0.299. The predicted octanol–water partition coefficient (Wildman–Crippen LogP) is 2.54. The van der Waals surface area contributed by atoms with E-state index in [-0.39, 0.29) is 5.82 Å². The maximum absolute atomic E-state index is 12.9. The van der Waals surface area contributed by atoms with E-state index < -0.39 is 5.97 Å². The molecule has 0 aromatic heterocycles. The first-order valence-corrected chi connectivity index (χ1v) is 4.18. The standard InChI is InChI=1S/C11H11FO2/c1-7-5-9(12)6-8(2)10(7)3-4-11(13)14/h3-6H,1-2H3,(H,13,14). The number of carboxylic acids is 1. The van der Waals surface area contributed by atoms with Crippen LogP contribution >= 0.6 is 0 Å². The summed E-state index contributed by atoms with van der Waals surface area (Å²) in [5.41, 5.74) is 2.23. The Labute approximate surface area is 81.7 Å². The highest BCUT2D eigenvalue weighted by Gasteiger charge is 2.02. The van der Waals surface area contributed by atoms with Gasteiger partial charge in [0.05, 0.1) is 0 Å². The Morgan fingerprint density at radius 3 is 2.29 bits per heavy atom. The molecule has 0 bridgehead atoms. The first kappa shape index (κ1) is 10.4. The van der Waals surface area contributed by atoms with Gasteiger partial charge in [0.15, 0.2) is 0 Å². The van der Waals surface area contributed by atoms with E-state index in [0.29, 0.717) is 0 Å². The van der Waals surface area contributed by atoms with Gasteiger partial charge in [-0.05, 0) is 48.7 Å². The lowest BCUT2D eigenvalue weighted by Crippen LogP contribution is -1.91. The molecule has 0 spiro atoms. The lowest BCUT2D eigenvalue weighted by atomic mass is 10.0. The fraction of sp³-hybridized carbons (Fsp3) is 0.182. The van der Waals surface area contributed by atoms with Gasteiger partial charge in [-0.2, -0.15) is 0 Å². The molecule has 14 heavy (non-hydrogen) atoms. The summed E-state index contributed by atoms with van der Waals surface area (Å²) >= 11 is 0. The zero-order valence-electron chi connectivity index (χ0n) is 8.04. The van der Waals surface area contributed by atoms with Crippen molar-refractivity contribution in [3.05, 3.63) is 40.7 Å². The summed E-state index contributed by atoms with van der Waals surface area (Å²) in [6.07, 6.45) is 2.53. The topological polar surface area (TPSA) is 37.3 Å². The van der Waals surface area contributed by atoms with E-state index in [1.807, 2.05) is 0 Å². The van der Waals surface area contributed by atoms with Gasteiger partial charge >= 0.3 is 5.97 Å². The van der Waals surface area contributed by atoms with E-state index in [9.17, 15) is 9.18 Å². The lowest BCUT2D eigenvalue weighted by molar-refractivity contribution is -0.131. The van der Waals surface area contributed by atoms with Gasteiger partial charge in [-0.1, -0.05) is 0 Å². The van der Waals surface area contributed by atoms with Gasteiger partial charge in [0.1, 0.15) is 5.82 Å². The van der Waals surface area contributed by atoms with E-state index in [0.717, 1.165) is 22.8 Å². The summed E-state index contributed by atoms with van der Waals surface area (Å²) < 4.78 is 12.9. The minimum atomic E-state index is -1.01. The zero-order valence-corrected chi connectivity index (χ0v) is 8.04. The molecule has 74 valence electrons. The number of benzene rings is 1. The van der Waals surface area contributed by atoms with E-state index in [2.05, 4.69) is 0 Å². The Morgan fingerprint density at radius 2 is 1.86 bits per heavy atom. The maximum Gasteiger partial charge on any atom is 0.328 e. The summed E-state index contributed by atoms with van der Waals surface area (Å²) in [5.74, 6) is -1.30. The fourth-order valence-electron chi connectivity index (χ4n) is 1.34. The Kier molecular flexibility index (Phi) is 3.02. The van der Waals surface area contributed by atoms with Crippen LogP contribution in [0.25, 0.3) is 6.08 Å². The van der Waals surface area contributed by atoms with Gasteiger partial charge in [-0.15, -0.1) is 0 Å². The fourth-order valence-corrected chi connectivity index (χ4v) is 1.34. The molecule has 0 amide bonds. The summed E-state index contributed by atoms with van der Waals surface area (Å²) in [5, 5.41) is 8.45. The monoisotopic (exact) mass is 194 g/mol. The lowest BCUT2D eigenvalue weighted by Gasteiger charge is -2.04. The molecule has 3 heteroatoms. The van der Waals surface area contributed by atoms with Crippen LogP contribution in [0, 0.1) is 19.7 Å². The van der Waals surface area contributed by atoms with Crippen molar-refractivity contribution in [2.24, 2.45) is 0 Å². The molecule has 0 radical (unpaired) electrons. The molecule has 0 fully saturated rings. The minimum Gasteiger partial charge on any atom is -0.478 e. The zero-order chi connectivity index (χ0) is 10.7. The van der Waals surface area contributed by atoms with Crippen molar-refractivity contribution in [1.82, 2.24) is 0 Å². The third-order valence-electron chi connectivity index (χ3n) is 1.95. The number of carbonyl (C=O) groups is 1. The Morgan fingerprint density at radius 1 is 1.36 bits per heavy atom. The molecule has 1 aromatic rings. The van der Waals surface area contributed by atoms with E-state index in [4.69, 9.17) is 5.11 Å². The van der Waals surface area contributed by atoms with E-state index >= 15 is 0 Å². The van der Waals surface area contributed by atoms with Crippen molar-refractivity contribution >= 4 is 12.0 Å². The van der Waals surface area contributed by atoms with Crippen LogP contribution in [0.4, 0.5) is 4.39 Å². The van der Waals surface area contributed by atoms with Crippen LogP contribution in [0.5, 0.6) is 0 Å². The van der Waals surface area contributed by atoms with E-state index in [1.165, 1.54) is 18.2 Å². The number of halogens is 1. The Bertz CT molecular complexity index is 371. The number of rotatable bonds is 2. The molecular formula is C11H11FO2. The number of hydrogen-bond donors (Lipinski definition) is 1. The number of aliphatic carboxylic acids is 1. The molecule has 0 unspecified atom stereocenters. The van der Waals surface area contributed by atoms with Gasteiger partial charge in [-0.25, -0.2) is 9.18 Å². The molecule has 1 N–H and O–H groups in total. The molecule has 0 saturated heterocycles. The van der Waals surface area contributed by atoms with Crippen LogP contribution in [0.15, 0.2) is 18.2 Å². The third kappa shape index (κ3) is 2.42. The quantitative estimate of drug-likeness (QED) is 0.734. The molecular weight excluding hydrogens is 183 g/mol. The number of hydrogen-bond acceptors (Lipinski definition) is 1. The normalized spacial score (nSPS) is 10.8. The van der Waals surface area contributed by atoms with Crippen LogP contribution in [-0.2, 0) is 4.79 Å². The van der Waals surface area contributed by atoms with Crippen molar-refractivity contribution in [3.63, 3.8) is 0 Å². The second kappa shape index (κ2) is 4.05. The van der Waals surface area contributed by atoms with Gasteiger partial charge < -0.3 is 5.11 Å². The summed E-state index contributed by atoms with van der Waals surface area (Å²) in [7, 11) is 0. The third-order valence-corrected chi connectivity index (χ3v) is 1.95. The molecule has 0 atom stereocenters. The Balaban J connectivity index is 3.15. The van der Waals surface area contributed by atoms with Gasteiger partial charge in [-0.3, -0.25) is 0 Å². The van der Waals surface area contributed by atoms with Crippen LogP contribution in [0.2, 0.25) is 0 Å². The van der Waals surface area contributed by atoms with Gasteiger partial charge in [0.25, 0.3) is 0 Å². The van der Waals surface area contributed by atoms with Crippen molar-refractivity contribution in [2.45, 2.75) is 13.8 Å². The number of carboxylic acid groups (broad SMARTS) is 1. The van der Waals surface area contributed by atoms with Crippen molar-refractivity contribution in [1.29, 1.82) is 0 Å². The Hall–Kier alpha value is -1.64. The highest BCUT2D eigenvalue weighted by Crippen LogP contribution is 2.17. The molecule has 2 nitrogen and oxygen atoms in total. The summed E-state index contributed by atoms with van der Waals surface area (Å²) in [6.45, 7) is 3.50. The average Bonchev–Trinajstić information content (AvgIpc) is 2.01. The SMILES string of the molecule is Cc1cc(F)cc(C)c1C=CC(=O)O. The highest BCUT2D eigenvalue weighted by atomic mass is 19.1. The smallest absolute Gasteiger partial charge is 0.328 e. The first-order chi connectivity index (χ1) is 6.50. The predicted molar refractivity (Wildman–Crippen MR) is 52.5 cm³/mol. The highest BCUT2D eigenvalue weighted by molar-refractivity contribution is 5.85. The molecule has 0 aliphatic carbocycles. The summed E-state index contributed by atoms with van der Waals surface area (Å²) in [6, 6.07) is 2.77. The van der Waals surface area contributed by atoms with Crippen LogP contribution < -0.4 is 0 Å². The first-order valence-electron chi connectivity index (χ1n) is 4.18. The van der Waals surface area contributed by atoms with Crippen LogP contribution in [0.1, 0.15) is 16.7 Å². The van der Waals surface area contributed by atoms with Crippen molar-refractivity contribution in [2.75, 3.05) is 0 Å². The van der Waals surface area contributed by atoms with Crippen molar-refractivity contribution in [3.8, 4) is 0 Å². The second-order valence-corrected chi connectivity index (χ2v) is 3.12. The molecule has 1 aromatic carbocycles.